The van der Waals surface area contributed by atoms with Crippen LogP contribution in [0.2, 0.25) is 0 Å². The molecule has 0 saturated heterocycles. The third-order valence-corrected chi connectivity index (χ3v) is 5.92. The van der Waals surface area contributed by atoms with Crippen LogP contribution in [0.25, 0.3) is 0 Å². The van der Waals surface area contributed by atoms with Gasteiger partial charge in [-0.05, 0) is 18.2 Å². The fourth-order valence-electron chi connectivity index (χ4n) is 1.51. The van der Waals surface area contributed by atoms with Crippen LogP contribution >= 0.6 is 10.5 Å². The summed E-state index contributed by atoms with van der Waals surface area (Å²) in [5.41, 5.74) is 0. The second kappa shape index (κ2) is 7.80. The smallest absolute Gasteiger partial charge is 0.161 e. The van der Waals surface area contributed by atoms with Crippen molar-refractivity contribution in [3.05, 3.63) is 24.1 Å². The van der Waals surface area contributed by atoms with Gasteiger partial charge in [0.1, 0.15) is 0 Å². The minimum absolute atomic E-state index is 0. The van der Waals surface area contributed by atoms with Crippen LogP contribution < -0.4 is 9.47 Å². The number of rotatable bonds is 5. The van der Waals surface area contributed by atoms with E-state index in [2.05, 4.69) is 39.6 Å². The maximum Gasteiger partial charge on any atom is 0.161 e. The SMILES string of the molecule is C=S(c1ccc(OC)c(OC)c1)C(C)(C)[C-](C)C.[Y]. The zero-order valence-electron chi connectivity index (χ0n) is 12.7. The van der Waals surface area contributed by atoms with E-state index < -0.39 is 0 Å². The Bertz CT molecular complexity index is 442. The van der Waals surface area contributed by atoms with Crippen LogP contribution in [0.5, 0.6) is 11.5 Å². The molecule has 2 nitrogen and oxygen atoms in total. The molecule has 0 spiro atoms. The molecule has 1 aromatic carbocycles. The minimum atomic E-state index is -0.119. The largest absolute Gasteiger partial charge is 0.493 e. The molecule has 0 amide bonds. The van der Waals surface area contributed by atoms with E-state index in [0.717, 1.165) is 11.5 Å². The number of methoxy groups -OCH3 is 2. The predicted octanol–water partition coefficient (Wildman–Crippen LogP) is 4.15. The van der Waals surface area contributed by atoms with Crippen LogP contribution in [0.1, 0.15) is 27.7 Å². The zero-order valence-corrected chi connectivity index (χ0v) is 16.4. The molecule has 0 heterocycles. The molecule has 1 unspecified atom stereocenters. The van der Waals surface area contributed by atoms with Crippen LogP contribution in [0.3, 0.4) is 0 Å². The molecule has 0 aromatic heterocycles. The topological polar surface area (TPSA) is 18.5 Å². The van der Waals surface area contributed by atoms with Gasteiger partial charge in [-0.3, -0.25) is 0 Å². The van der Waals surface area contributed by atoms with Gasteiger partial charge in [-0.2, -0.15) is 24.3 Å². The van der Waals surface area contributed by atoms with Crippen molar-refractivity contribution in [1.29, 1.82) is 0 Å². The maximum atomic E-state index is 5.35. The fraction of sp³-hybridized carbons (Fsp3) is 0.467. The summed E-state index contributed by atoms with van der Waals surface area (Å²) < 4.78 is 10.7. The molecule has 0 aliphatic rings. The van der Waals surface area contributed by atoms with Gasteiger partial charge in [-0.1, -0.05) is 19.7 Å². The number of benzene rings is 1. The van der Waals surface area contributed by atoms with E-state index in [1.807, 2.05) is 12.1 Å². The van der Waals surface area contributed by atoms with Gasteiger partial charge in [-0.15, -0.1) is 4.75 Å². The van der Waals surface area contributed by atoms with E-state index in [9.17, 15) is 0 Å². The maximum absolute atomic E-state index is 5.35. The first kappa shape index (κ1) is 19.1. The van der Waals surface area contributed by atoms with E-state index in [-0.39, 0.29) is 47.9 Å². The molecule has 1 aromatic rings. The fourth-order valence-corrected chi connectivity index (χ4v) is 3.07. The molecule has 4 heteroatoms. The second-order valence-electron chi connectivity index (χ2n) is 4.92. The molecule has 0 saturated carbocycles. The Morgan fingerprint density at radius 3 is 2.05 bits per heavy atom. The molecule has 1 rings (SSSR count). The number of hydrogen-bond donors (Lipinski definition) is 0. The Labute approximate surface area is 145 Å². The molecule has 0 aliphatic carbocycles. The molecule has 0 N–H and O–H groups in total. The average Bonchev–Trinajstić information content (AvgIpc) is 2.36. The third-order valence-electron chi connectivity index (χ3n) is 3.46. The molecule has 0 bridgehead atoms. The van der Waals surface area contributed by atoms with Crippen LogP contribution in [-0.2, 0) is 32.7 Å². The minimum Gasteiger partial charge on any atom is -0.493 e. The summed E-state index contributed by atoms with van der Waals surface area (Å²) in [6.07, 6.45) is 0. The van der Waals surface area contributed by atoms with Crippen molar-refractivity contribution in [2.24, 2.45) is 0 Å². The molecule has 105 valence electrons. The summed E-state index contributed by atoms with van der Waals surface area (Å²) in [7, 11) is 3.19. The average molecular weight is 356 g/mol. The Hall–Kier alpha value is 0.144. The first-order valence-electron chi connectivity index (χ1n) is 5.91. The van der Waals surface area contributed by atoms with Crippen molar-refractivity contribution >= 4 is 16.4 Å². The number of hydrogen-bond acceptors (Lipinski definition) is 2. The quantitative estimate of drug-likeness (QED) is 0.583. The Morgan fingerprint density at radius 2 is 1.63 bits per heavy atom. The number of ether oxygens (including phenoxy) is 2. The van der Waals surface area contributed by atoms with E-state index >= 15 is 0 Å². The summed E-state index contributed by atoms with van der Waals surface area (Å²) in [6, 6.07) is 6.04. The van der Waals surface area contributed by atoms with Crippen molar-refractivity contribution in [1.82, 2.24) is 0 Å². The normalized spacial score (nSPS) is 12.8. The molecule has 0 aliphatic heterocycles. The molecule has 1 radical (unpaired) electrons. The second-order valence-corrected chi connectivity index (χ2v) is 7.19. The molecule has 0 fully saturated rings. The Balaban J connectivity index is 0.00000324. The van der Waals surface area contributed by atoms with Gasteiger partial charge in [0.2, 0.25) is 0 Å². The third kappa shape index (κ3) is 4.30. The van der Waals surface area contributed by atoms with Gasteiger partial charge in [0.15, 0.2) is 11.5 Å². The summed E-state index contributed by atoms with van der Waals surface area (Å²) >= 11 is 0. The molecular weight excluding hydrogens is 333 g/mol. The van der Waals surface area contributed by atoms with Crippen molar-refractivity contribution in [3.63, 3.8) is 0 Å². The summed E-state index contributed by atoms with van der Waals surface area (Å²) in [5.74, 6) is 7.25. The summed E-state index contributed by atoms with van der Waals surface area (Å²) in [6.45, 7) is 8.78. The van der Waals surface area contributed by atoms with E-state index in [4.69, 9.17) is 9.47 Å². The van der Waals surface area contributed by atoms with E-state index in [0.29, 0.717) is 0 Å². The van der Waals surface area contributed by atoms with E-state index in [1.165, 1.54) is 10.8 Å². The summed E-state index contributed by atoms with van der Waals surface area (Å²) in [4.78, 5) is 1.19. The van der Waals surface area contributed by atoms with Crippen molar-refractivity contribution in [3.8, 4) is 11.5 Å². The van der Waals surface area contributed by atoms with Gasteiger partial charge >= 0.3 is 0 Å². The van der Waals surface area contributed by atoms with Gasteiger partial charge in [0.25, 0.3) is 0 Å². The monoisotopic (exact) mass is 356 g/mol. The van der Waals surface area contributed by atoms with E-state index in [1.54, 1.807) is 14.2 Å². The molecule has 19 heavy (non-hydrogen) atoms. The first-order chi connectivity index (χ1) is 8.34. The first-order valence-corrected chi connectivity index (χ1v) is 7.30. The Kier molecular flexibility index (Phi) is 7.86. The van der Waals surface area contributed by atoms with Crippen LogP contribution in [0.15, 0.2) is 23.1 Å². The zero-order chi connectivity index (χ0) is 13.9. The molecule has 1 atom stereocenters. The standard InChI is InChI=1S/C15H23O2S.Y/c1-11(2)15(3,4)18(7)12-8-9-13(16-5)14(10-12)17-6;/h8-10H,7H2,1-6H3;/q-1;. The summed E-state index contributed by atoms with van der Waals surface area (Å²) in [5, 5.41) is 0. The van der Waals surface area contributed by atoms with Crippen LogP contribution in [-0.4, -0.2) is 24.8 Å². The predicted molar refractivity (Wildman–Crippen MR) is 81.2 cm³/mol. The van der Waals surface area contributed by atoms with Gasteiger partial charge in [0, 0.05) is 37.6 Å². The van der Waals surface area contributed by atoms with Gasteiger partial charge in [-0.25, -0.2) is 0 Å². The molecular formula is C15H23O2SY-. The Morgan fingerprint density at radius 1 is 1.11 bits per heavy atom. The van der Waals surface area contributed by atoms with Crippen molar-refractivity contribution in [2.75, 3.05) is 14.2 Å². The van der Waals surface area contributed by atoms with Crippen molar-refractivity contribution in [2.45, 2.75) is 37.3 Å². The van der Waals surface area contributed by atoms with Gasteiger partial charge < -0.3 is 15.4 Å². The van der Waals surface area contributed by atoms with Crippen molar-refractivity contribution < 1.29 is 42.2 Å². The van der Waals surface area contributed by atoms with Gasteiger partial charge in [0.05, 0.1) is 14.2 Å². The van der Waals surface area contributed by atoms with Crippen LogP contribution in [0.4, 0.5) is 0 Å². The van der Waals surface area contributed by atoms with Crippen LogP contribution in [0, 0.1) is 5.92 Å².